The van der Waals surface area contributed by atoms with Crippen molar-refractivity contribution in [3.8, 4) is 17.3 Å². The largest absolute Gasteiger partial charge is 0.457 e. The maximum atomic E-state index is 12.5. The molecule has 0 spiro atoms. The van der Waals surface area contributed by atoms with E-state index in [0.29, 0.717) is 23.0 Å². The second-order valence-electron chi connectivity index (χ2n) is 7.40. The van der Waals surface area contributed by atoms with Crippen LogP contribution < -0.4 is 10.1 Å². The van der Waals surface area contributed by atoms with Crippen molar-refractivity contribution in [2.24, 2.45) is 0 Å². The number of hydrogen-bond acceptors (Lipinski definition) is 6. The number of anilines is 1. The van der Waals surface area contributed by atoms with Crippen LogP contribution in [0.4, 0.5) is 5.69 Å². The van der Waals surface area contributed by atoms with Crippen LogP contribution in [0.3, 0.4) is 0 Å². The maximum Gasteiger partial charge on any atom is 0.359 e. The number of nitrogens with zero attached hydrogens (tertiary/aromatic N) is 3. The van der Waals surface area contributed by atoms with E-state index >= 15 is 0 Å². The third kappa shape index (κ3) is 5.60. The summed E-state index contributed by atoms with van der Waals surface area (Å²) in [4.78, 5) is 29.0. The molecule has 2 heterocycles. The predicted molar refractivity (Wildman–Crippen MR) is 128 cm³/mol. The number of halogens is 1. The Labute approximate surface area is 201 Å². The number of aryl methyl sites for hydroxylation is 2. The van der Waals surface area contributed by atoms with Crippen LogP contribution in [0, 0.1) is 13.8 Å². The van der Waals surface area contributed by atoms with E-state index in [2.05, 4.69) is 15.4 Å². The zero-order valence-corrected chi connectivity index (χ0v) is 19.2. The van der Waals surface area contributed by atoms with Crippen LogP contribution in [-0.4, -0.2) is 33.2 Å². The highest BCUT2D eigenvalue weighted by Gasteiger charge is 2.18. The summed E-state index contributed by atoms with van der Waals surface area (Å²) < 4.78 is 12.4. The maximum absolute atomic E-state index is 12.5. The average Bonchev–Trinajstić information content (AvgIpc) is 3.17. The lowest BCUT2D eigenvalue weighted by atomic mass is 10.3. The predicted octanol–water partition coefficient (Wildman–Crippen LogP) is 5.13. The lowest BCUT2D eigenvalue weighted by Gasteiger charge is -2.10. The van der Waals surface area contributed by atoms with Crippen LogP contribution in [0.5, 0.6) is 11.5 Å². The van der Waals surface area contributed by atoms with Gasteiger partial charge in [0, 0.05) is 11.4 Å². The number of para-hydroxylation sites is 1. The zero-order chi connectivity index (χ0) is 24.1. The van der Waals surface area contributed by atoms with Gasteiger partial charge in [-0.05, 0) is 68.4 Å². The number of carbonyl (C=O) groups is 2. The van der Waals surface area contributed by atoms with Gasteiger partial charge in [0.25, 0.3) is 5.91 Å². The Kier molecular flexibility index (Phi) is 6.89. The monoisotopic (exact) mass is 476 g/mol. The highest BCUT2D eigenvalue weighted by atomic mass is 35.5. The van der Waals surface area contributed by atoms with Crippen molar-refractivity contribution in [2.45, 2.75) is 13.8 Å². The normalized spacial score (nSPS) is 10.6. The first-order valence-corrected chi connectivity index (χ1v) is 10.8. The Bertz CT molecular complexity index is 1320. The molecule has 34 heavy (non-hydrogen) atoms. The quantitative estimate of drug-likeness (QED) is 0.372. The van der Waals surface area contributed by atoms with Gasteiger partial charge in [-0.15, -0.1) is 0 Å². The number of amides is 1. The fourth-order valence-corrected chi connectivity index (χ4v) is 3.36. The Hall–Kier alpha value is -4.17. The average molecular weight is 477 g/mol. The van der Waals surface area contributed by atoms with E-state index < -0.39 is 18.5 Å². The highest BCUT2D eigenvalue weighted by molar-refractivity contribution is 6.33. The highest BCUT2D eigenvalue weighted by Crippen LogP contribution is 2.23. The van der Waals surface area contributed by atoms with Crippen LogP contribution in [0.2, 0.25) is 5.02 Å². The van der Waals surface area contributed by atoms with Crippen molar-refractivity contribution in [1.29, 1.82) is 0 Å². The van der Waals surface area contributed by atoms with Gasteiger partial charge in [-0.25, -0.2) is 14.5 Å². The molecule has 0 fully saturated rings. The number of carbonyl (C=O) groups excluding carboxylic acids is 2. The zero-order valence-electron chi connectivity index (χ0n) is 18.5. The molecule has 172 valence electrons. The molecule has 9 heteroatoms. The number of benzene rings is 2. The third-order valence-electron chi connectivity index (χ3n) is 4.70. The lowest BCUT2D eigenvalue weighted by molar-refractivity contribution is -0.119. The van der Waals surface area contributed by atoms with Crippen molar-refractivity contribution in [3.63, 3.8) is 0 Å². The van der Waals surface area contributed by atoms with Gasteiger partial charge < -0.3 is 14.8 Å². The molecule has 1 N–H and O–H groups in total. The van der Waals surface area contributed by atoms with Crippen molar-refractivity contribution in [2.75, 3.05) is 11.9 Å². The summed E-state index contributed by atoms with van der Waals surface area (Å²) in [6, 6.07) is 21.3. The van der Waals surface area contributed by atoms with E-state index in [-0.39, 0.29) is 10.7 Å². The SMILES string of the molecule is Cc1cc(C)n(-c2ccc(Cl)c(C(=O)OCC(=O)Nc3ccc(Oc4ccccc4)cc3)n2)n1. The van der Waals surface area contributed by atoms with Gasteiger partial charge in [-0.2, -0.15) is 5.10 Å². The second-order valence-corrected chi connectivity index (χ2v) is 7.81. The van der Waals surface area contributed by atoms with Crippen LogP contribution in [0.25, 0.3) is 5.82 Å². The molecular formula is C25H21ClN4O4. The number of rotatable bonds is 7. The molecule has 8 nitrogen and oxygen atoms in total. The number of hydrogen-bond donors (Lipinski definition) is 1. The van der Waals surface area contributed by atoms with Crippen molar-refractivity contribution in [3.05, 3.63) is 94.9 Å². The summed E-state index contributed by atoms with van der Waals surface area (Å²) in [5, 5.41) is 7.13. The molecule has 0 unspecified atom stereocenters. The molecule has 4 rings (SSSR count). The Morgan fingerprint density at radius 2 is 1.68 bits per heavy atom. The Balaban J connectivity index is 1.34. The molecule has 1 amide bonds. The Morgan fingerprint density at radius 1 is 0.971 bits per heavy atom. The number of nitrogens with one attached hydrogen (secondary N) is 1. The van der Waals surface area contributed by atoms with Gasteiger partial charge in [-0.3, -0.25) is 4.79 Å². The van der Waals surface area contributed by atoms with Crippen molar-refractivity contribution in [1.82, 2.24) is 14.8 Å². The molecular weight excluding hydrogens is 456 g/mol. The Morgan fingerprint density at radius 3 is 2.35 bits per heavy atom. The second kappa shape index (κ2) is 10.2. The molecule has 0 aliphatic heterocycles. The number of esters is 1. The molecule has 0 bridgehead atoms. The van der Waals surface area contributed by atoms with E-state index in [1.54, 1.807) is 35.0 Å². The molecule has 4 aromatic rings. The van der Waals surface area contributed by atoms with Crippen molar-refractivity contribution < 1.29 is 19.1 Å². The van der Waals surface area contributed by atoms with Crippen molar-refractivity contribution >= 4 is 29.2 Å². The minimum Gasteiger partial charge on any atom is -0.457 e. The fraction of sp³-hybridized carbons (Fsp3) is 0.120. The number of pyridine rings is 1. The fourth-order valence-electron chi connectivity index (χ4n) is 3.18. The number of aromatic nitrogens is 3. The molecule has 2 aromatic carbocycles. The molecule has 0 aliphatic carbocycles. The van der Waals surface area contributed by atoms with Gasteiger partial charge in [0.15, 0.2) is 18.1 Å². The van der Waals surface area contributed by atoms with Crippen LogP contribution in [0.1, 0.15) is 21.9 Å². The molecule has 0 aliphatic rings. The van der Waals surface area contributed by atoms with E-state index in [1.165, 1.54) is 6.07 Å². The van der Waals surface area contributed by atoms with E-state index in [1.807, 2.05) is 50.2 Å². The topological polar surface area (TPSA) is 95.3 Å². The van der Waals surface area contributed by atoms with Gasteiger partial charge in [0.2, 0.25) is 0 Å². The van der Waals surface area contributed by atoms with E-state index in [4.69, 9.17) is 21.1 Å². The smallest absolute Gasteiger partial charge is 0.359 e. The summed E-state index contributed by atoms with van der Waals surface area (Å²) in [6.07, 6.45) is 0. The van der Waals surface area contributed by atoms with Gasteiger partial charge >= 0.3 is 5.97 Å². The first-order valence-electron chi connectivity index (χ1n) is 10.4. The standard InChI is InChI=1S/C25H21ClN4O4/c1-16-14-17(2)30(29-16)22-13-12-21(26)24(28-22)25(32)33-15-23(31)27-18-8-10-20(11-9-18)34-19-6-4-3-5-7-19/h3-14H,15H2,1-2H3,(H,27,31). The van der Waals surface area contributed by atoms with Gasteiger partial charge in [-0.1, -0.05) is 29.8 Å². The van der Waals surface area contributed by atoms with Crippen LogP contribution in [0.15, 0.2) is 72.8 Å². The lowest BCUT2D eigenvalue weighted by Crippen LogP contribution is -2.21. The molecule has 0 saturated carbocycles. The summed E-state index contributed by atoms with van der Waals surface area (Å²) in [6.45, 7) is 3.24. The van der Waals surface area contributed by atoms with Crippen LogP contribution >= 0.6 is 11.6 Å². The van der Waals surface area contributed by atoms with Gasteiger partial charge in [0.05, 0.1) is 10.7 Å². The molecule has 0 saturated heterocycles. The summed E-state index contributed by atoms with van der Waals surface area (Å²) >= 11 is 6.14. The first-order chi connectivity index (χ1) is 16.4. The molecule has 0 atom stereocenters. The summed E-state index contributed by atoms with van der Waals surface area (Å²) in [5.41, 5.74) is 2.10. The number of ether oxygens (including phenoxy) is 2. The summed E-state index contributed by atoms with van der Waals surface area (Å²) in [7, 11) is 0. The minimum atomic E-state index is -0.810. The molecule has 0 radical (unpaired) electrons. The minimum absolute atomic E-state index is 0.0954. The van der Waals surface area contributed by atoms with E-state index in [9.17, 15) is 9.59 Å². The van der Waals surface area contributed by atoms with E-state index in [0.717, 1.165) is 11.4 Å². The first kappa shape index (κ1) is 23.0. The third-order valence-corrected chi connectivity index (χ3v) is 5.01. The molecule has 2 aromatic heterocycles. The van der Waals surface area contributed by atoms with Crippen LogP contribution in [-0.2, 0) is 9.53 Å². The van der Waals surface area contributed by atoms with Gasteiger partial charge in [0.1, 0.15) is 11.5 Å². The summed E-state index contributed by atoms with van der Waals surface area (Å²) in [5.74, 6) is 0.439.